The molecule has 8 nitrogen and oxygen atoms in total. The maximum absolute atomic E-state index is 12.8. The first-order chi connectivity index (χ1) is 14.1. The number of aromatic nitrogens is 2. The zero-order chi connectivity index (χ0) is 20.6. The highest BCUT2D eigenvalue weighted by Crippen LogP contribution is 2.31. The normalized spacial score (nSPS) is 16.4. The van der Waals surface area contributed by atoms with Crippen molar-refractivity contribution in [3.63, 3.8) is 0 Å². The first-order valence-corrected chi connectivity index (χ1v) is 9.83. The molecule has 2 heterocycles. The van der Waals surface area contributed by atoms with Crippen molar-refractivity contribution in [1.82, 2.24) is 10.2 Å². The number of nitrogens with one attached hydrogen (secondary N) is 1. The van der Waals surface area contributed by atoms with Crippen LogP contribution in [-0.2, 0) is 9.53 Å². The van der Waals surface area contributed by atoms with Gasteiger partial charge in [0, 0.05) is 32.0 Å². The van der Waals surface area contributed by atoms with Gasteiger partial charge >= 0.3 is 0 Å². The van der Waals surface area contributed by atoms with Crippen molar-refractivity contribution in [2.45, 2.75) is 12.8 Å². The van der Waals surface area contributed by atoms with E-state index in [1.165, 1.54) is 0 Å². The van der Waals surface area contributed by atoms with Crippen LogP contribution in [-0.4, -0.2) is 56.6 Å². The maximum atomic E-state index is 12.8. The highest BCUT2D eigenvalue weighted by Gasteiger charge is 2.27. The summed E-state index contributed by atoms with van der Waals surface area (Å²) in [5.74, 6) is 1.70. The van der Waals surface area contributed by atoms with Gasteiger partial charge in [0.05, 0.1) is 19.6 Å². The van der Waals surface area contributed by atoms with Gasteiger partial charge in [0.15, 0.2) is 22.5 Å². The SMILES string of the molecule is COCCOc1cc(NC(=O)C2CCCN(c3ccc(Cl)nn3)C2)ccc1OC. The molecule has 0 spiro atoms. The Balaban J connectivity index is 1.64. The Kier molecular flexibility index (Phi) is 7.48. The van der Waals surface area contributed by atoms with Crippen molar-refractivity contribution in [2.24, 2.45) is 5.92 Å². The predicted octanol–water partition coefficient (Wildman–Crippen LogP) is 3.02. The summed E-state index contributed by atoms with van der Waals surface area (Å²) in [7, 11) is 3.19. The zero-order valence-corrected chi connectivity index (χ0v) is 17.3. The van der Waals surface area contributed by atoms with E-state index in [0.717, 1.165) is 25.2 Å². The number of hydrogen-bond acceptors (Lipinski definition) is 7. The monoisotopic (exact) mass is 420 g/mol. The number of carbonyl (C=O) groups excluding carboxylic acids is 1. The third-order valence-electron chi connectivity index (χ3n) is 4.71. The number of piperidine rings is 1. The Morgan fingerprint density at radius 2 is 2.07 bits per heavy atom. The van der Waals surface area contributed by atoms with Gasteiger partial charge in [-0.3, -0.25) is 4.79 Å². The van der Waals surface area contributed by atoms with Crippen molar-refractivity contribution >= 4 is 29.0 Å². The van der Waals surface area contributed by atoms with Crippen molar-refractivity contribution < 1.29 is 19.0 Å². The van der Waals surface area contributed by atoms with Crippen LogP contribution < -0.4 is 19.7 Å². The molecule has 1 N–H and O–H groups in total. The van der Waals surface area contributed by atoms with Crippen LogP contribution in [0.4, 0.5) is 11.5 Å². The summed E-state index contributed by atoms with van der Waals surface area (Å²) in [5, 5.41) is 11.3. The summed E-state index contributed by atoms with van der Waals surface area (Å²) in [4.78, 5) is 14.9. The van der Waals surface area contributed by atoms with Gasteiger partial charge in [-0.15, -0.1) is 10.2 Å². The molecule has 1 aliphatic heterocycles. The molecule has 0 bridgehead atoms. The number of halogens is 1. The van der Waals surface area contributed by atoms with Crippen LogP contribution in [0, 0.1) is 5.92 Å². The van der Waals surface area contributed by atoms with Crippen molar-refractivity contribution in [3.05, 3.63) is 35.5 Å². The van der Waals surface area contributed by atoms with E-state index in [0.29, 0.717) is 42.1 Å². The van der Waals surface area contributed by atoms with Gasteiger partial charge in [-0.2, -0.15) is 0 Å². The lowest BCUT2D eigenvalue weighted by molar-refractivity contribution is -0.120. The second kappa shape index (κ2) is 10.3. The zero-order valence-electron chi connectivity index (χ0n) is 16.6. The molecule has 1 unspecified atom stereocenters. The van der Waals surface area contributed by atoms with E-state index in [1.54, 1.807) is 38.5 Å². The molecule has 1 aromatic heterocycles. The van der Waals surface area contributed by atoms with Gasteiger partial charge in [0.25, 0.3) is 0 Å². The highest BCUT2D eigenvalue weighted by molar-refractivity contribution is 6.29. The summed E-state index contributed by atoms with van der Waals surface area (Å²) >= 11 is 5.81. The molecule has 29 heavy (non-hydrogen) atoms. The summed E-state index contributed by atoms with van der Waals surface area (Å²) in [6.45, 7) is 2.27. The van der Waals surface area contributed by atoms with Gasteiger partial charge in [0.1, 0.15) is 6.61 Å². The second-order valence-electron chi connectivity index (χ2n) is 6.70. The number of anilines is 2. The van der Waals surface area contributed by atoms with Crippen LogP contribution in [0.2, 0.25) is 5.15 Å². The minimum atomic E-state index is -0.152. The summed E-state index contributed by atoms with van der Waals surface area (Å²) < 4.78 is 16.0. The Labute approximate surface area is 175 Å². The predicted molar refractivity (Wildman–Crippen MR) is 111 cm³/mol. The summed E-state index contributed by atoms with van der Waals surface area (Å²) in [6, 6.07) is 8.86. The van der Waals surface area contributed by atoms with Crippen LogP contribution >= 0.6 is 11.6 Å². The van der Waals surface area contributed by atoms with Crippen molar-refractivity contribution in [2.75, 3.05) is 50.7 Å². The fourth-order valence-corrected chi connectivity index (χ4v) is 3.32. The van der Waals surface area contributed by atoms with Crippen LogP contribution in [0.3, 0.4) is 0 Å². The first kappa shape index (κ1) is 21.1. The molecule has 0 radical (unpaired) electrons. The third kappa shape index (κ3) is 5.71. The molecule has 1 saturated heterocycles. The van der Waals surface area contributed by atoms with Gasteiger partial charge in [0.2, 0.25) is 5.91 Å². The number of amides is 1. The summed E-state index contributed by atoms with van der Waals surface area (Å²) in [6.07, 6.45) is 1.72. The molecular formula is C20H25ClN4O4. The largest absolute Gasteiger partial charge is 0.493 e. The van der Waals surface area contributed by atoms with E-state index in [9.17, 15) is 4.79 Å². The molecule has 9 heteroatoms. The van der Waals surface area contributed by atoms with Crippen molar-refractivity contribution in [1.29, 1.82) is 0 Å². The Morgan fingerprint density at radius 1 is 1.21 bits per heavy atom. The fraction of sp³-hybridized carbons (Fsp3) is 0.450. The van der Waals surface area contributed by atoms with E-state index in [2.05, 4.69) is 20.4 Å². The molecule has 1 atom stereocenters. The minimum absolute atomic E-state index is 0.0374. The molecule has 1 aliphatic rings. The quantitative estimate of drug-likeness (QED) is 0.657. The van der Waals surface area contributed by atoms with E-state index in [-0.39, 0.29) is 11.8 Å². The van der Waals surface area contributed by atoms with Crippen LogP contribution in [0.5, 0.6) is 11.5 Å². The first-order valence-electron chi connectivity index (χ1n) is 9.45. The molecular weight excluding hydrogens is 396 g/mol. The average molecular weight is 421 g/mol. The van der Waals surface area contributed by atoms with Gasteiger partial charge < -0.3 is 24.4 Å². The average Bonchev–Trinajstić information content (AvgIpc) is 2.75. The number of methoxy groups -OCH3 is 2. The molecule has 0 aliphatic carbocycles. The number of hydrogen-bond donors (Lipinski definition) is 1. The standard InChI is InChI=1S/C20H25ClN4O4/c1-27-10-11-29-17-12-15(5-6-16(17)28-2)22-20(26)14-4-3-9-25(13-14)19-8-7-18(21)23-24-19/h5-8,12,14H,3-4,9-11,13H2,1-2H3,(H,22,26). The third-order valence-corrected chi connectivity index (χ3v) is 4.91. The van der Waals surface area contributed by atoms with Gasteiger partial charge in [-0.05, 0) is 37.1 Å². The second-order valence-corrected chi connectivity index (χ2v) is 7.08. The van der Waals surface area contributed by atoms with Crippen LogP contribution in [0.25, 0.3) is 0 Å². The molecule has 3 rings (SSSR count). The highest BCUT2D eigenvalue weighted by atomic mass is 35.5. The number of nitrogens with zero attached hydrogens (tertiary/aromatic N) is 3. The van der Waals surface area contributed by atoms with E-state index in [4.69, 9.17) is 25.8 Å². The maximum Gasteiger partial charge on any atom is 0.229 e. The topological polar surface area (TPSA) is 85.8 Å². The van der Waals surface area contributed by atoms with Gasteiger partial charge in [-0.25, -0.2) is 0 Å². The molecule has 1 amide bonds. The molecule has 0 saturated carbocycles. The van der Waals surface area contributed by atoms with Gasteiger partial charge in [-0.1, -0.05) is 11.6 Å². The van der Waals surface area contributed by atoms with Crippen LogP contribution in [0.15, 0.2) is 30.3 Å². The number of carbonyl (C=O) groups is 1. The Bertz CT molecular complexity index is 819. The van der Waals surface area contributed by atoms with Crippen LogP contribution in [0.1, 0.15) is 12.8 Å². The smallest absolute Gasteiger partial charge is 0.229 e. The lowest BCUT2D eigenvalue weighted by Crippen LogP contribution is -2.41. The molecule has 1 fully saturated rings. The number of ether oxygens (including phenoxy) is 3. The van der Waals surface area contributed by atoms with E-state index >= 15 is 0 Å². The molecule has 156 valence electrons. The molecule has 1 aromatic carbocycles. The van der Waals surface area contributed by atoms with E-state index in [1.807, 2.05) is 6.07 Å². The Hall–Kier alpha value is -2.58. The number of benzene rings is 1. The minimum Gasteiger partial charge on any atom is -0.493 e. The fourth-order valence-electron chi connectivity index (χ4n) is 3.22. The molecule has 2 aromatic rings. The lowest BCUT2D eigenvalue weighted by Gasteiger charge is -2.32. The van der Waals surface area contributed by atoms with Crippen molar-refractivity contribution in [3.8, 4) is 11.5 Å². The lowest BCUT2D eigenvalue weighted by atomic mass is 9.97. The number of rotatable bonds is 8. The van der Waals surface area contributed by atoms with E-state index < -0.39 is 0 Å². The Morgan fingerprint density at radius 3 is 2.79 bits per heavy atom. The summed E-state index contributed by atoms with van der Waals surface area (Å²) in [5.41, 5.74) is 0.659.